The van der Waals surface area contributed by atoms with E-state index in [0.29, 0.717) is 17.9 Å². The Bertz CT molecular complexity index is 788. The van der Waals surface area contributed by atoms with Gasteiger partial charge in [-0.05, 0) is 65.3 Å². The molecule has 0 atom stereocenters. The van der Waals surface area contributed by atoms with Crippen molar-refractivity contribution in [3.8, 4) is 0 Å². The van der Waals surface area contributed by atoms with Crippen LogP contribution in [0.5, 0.6) is 0 Å². The second-order valence-corrected chi connectivity index (χ2v) is 11.9. The minimum atomic E-state index is -0.472. The first-order valence-electron chi connectivity index (χ1n) is 12.1. The van der Waals surface area contributed by atoms with E-state index < -0.39 is 5.60 Å². The van der Waals surface area contributed by atoms with Crippen LogP contribution in [-0.4, -0.2) is 70.7 Å². The summed E-state index contributed by atoms with van der Waals surface area (Å²) in [4.78, 5) is 16.1. The second kappa shape index (κ2) is 9.34. The van der Waals surface area contributed by atoms with Crippen LogP contribution in [0.1, 0.15) is 83.9 Å². The van der Waals surface area contributed by atoms with E-state index in [1.807, 2.05) is 32.5 Å². The summed E-state index contributed by atoms with van der Waals surface area (Å²) < 4.78 is 13.7. The van der Waals surface area contributed by atoms with Crippen LogP contribution < -0.4 is 0 Å². The van der Waals surface area contributed by atoms with Crippen molar-refractivity contribution in [2.75, 3.05) is 33.8 Å². The molecule has 0 N–H and O–H groups in total. The first kappa shape index (κ1) is 25.0. The minimum absolute atomic E-state index is 0.0952. The third-order valence-corrected chi connectivity index (χ3v) is 6.75. The van der Waals surface area contributed by atoms with E-state index in [4.69, 9.17) is 14.6 Å². The van der Waals surface area contributed by atoms with Crippen molar-refractivity contribution in [3.05, 3.63) is 17.5 Å². The molecule has 0 unspecified atom stereocenters. The van der Waals surface area contributed by atoms with Gasteiger partial charge in [0.25, 0.3) is 0 Å². The van der Waals surface area contributed by atoms with Crippen LogP contribution in [-0.2, 0) is 23.1 Å². The molecule has 0 aromatic carbocycles. The molecule has 1 aliphatic carbocycles. The number of aryl methyl sites for hydroxylation is 1. The van der Waals surface area contributed by atoms with E-state index in [0.717, 1.165) is 45.4 Å². The summed E-state index contributed by atoms with van der Waals surface area (Å²) in [5.41, 5.74) is 2.46. The van der Waals surface area contributed by atoms with Gasteiger partial charge in [0.2, 0.25) is 0 Å². The zero-order chi connectivity index (χ0) is 23.7. The number of rotatable bonds is 6. The Kier molecular flexibility index (Phi) is 7.30. The van der Waals surface area contributed by atoms with E-state index in [1.54, 1.807) is 11.9 Å². The van der Waals surface area contributed by atoms with Gasteiger partial charge >= 0.3 is 6.09 Å². The Morgan fingerprint density at radius 3 is 2.47 bits per heavy atom. The van der Waals surface area contributed by atoms with Gasteiger partial charge in [0.15, 0.2) is 0 Å². The normalized spacial score (nSPS) is 25.5. The van der Waals surface area contributed by atoms with Crippen molar-refractivity contribution in [1.82, 2.24) is 19.6 Å². The molecule has 1 amide bonds. The maximum absolute atomic E-state index is 12.2. The van der Waals surface area contributed by atoms with Gasteiger partial charge in [-0.15, -0.1) is 0 Å². The average molecular weight is 449 g/mol. The highest BCUT2D eigenvalue weighted by atomic mass is 16.6. The predicted molar refractivity (Wildman–Crippen MR) is 127 cm³/mol. The van der Waals surface area contributed by atoms with Crippen LogP contribution in [0.3, 0.4) is 0 Å². The van der Waals surface area contributed by atoms with Crippen LogP contribution in [0.15, 0.2) is 6.20 Å². The topological polar surface area (TPSA) is 59.8 Å². The lowest BCUT2D eigenvalue weighted by atomic mass is 9.72. The number of likely N-dealkylation sites (N-methyl/N-ethyl adjacent to an activating group) is 2. The summed E-state index contributed by atoms with van der Waals surface area (Å²) in [6.07, 6.45) is 7.61. The Morgan fingerprint density at radius 2 is 1.91 bits per heavy atom. The number of hydrogen-bond acceptors (Lipinski definition) is 5. The molecule has 1 aliphatic heterocycles. The summed E-state index contributed by atoms with van der Waals surface area (Å²) in [5, 5.41) is 4.86. The average Bonchev–Trinajstić information content (AvgIpc) is 3.18. The van der Waals surface area contributed by atoms with Crippen molar-refractivity contribution in [1.29, 1.82) is 0 Å². The third kappa shape index (κ3) is 6.47. The predicted octanol–water partition coefficient (Wildman–Crippen LogP) is 4.56. The number of carbonyl (C=O) groups excluding carboxylic acids is 1. The van der Waals surface area contributed by atoms with Crippen LogP contribution in [0.4, 0.5) is 4.79 Å². The van der Waals surface area contributed by atoms with E-state index in [1.165, 1.54) is 17.7 Å². The lowest BCUT2D eigenvalue weighted by Crippen LogP contribution is -2.38. The monoisotopic (exact) mass is 448 g/mol. The van der Waals surface area contributed by atoms with Crippen LogP contribution >= 0.6 is 0 Å². The Hall–Kier alpha value is -1.60. The number of carbonyl (C=O) groups is 1. The summed E-state index contributed by atoms with van der Waals surface area (Å²) in [7, 11) is 5.90. The molecular formula is C25H44N4O3. The van der Waals surface area contributed by atoms with Crippen molar-refractivity contribution in [2.24, 2.45) is 12.5 Å². The second-order valence-electron chi connectivity index (χ2n) is 11.9. The summed E-state index contributed by atoms with van der Waals surface area (Å²) in [6.45, 7) is 13.4. The molecular weight excluding hydrogens is 404 g/mol. The van der Waals surface area contributed by atoms with Crippen LogP contribution in [0.2, 0.25) is 0 Å². The van der Waals surface area contributed by atoms with Crippen LogP contribution in [0.25, 0.3) is 0 Å². The highest BCUT2D eigenvalue weighted by molar-refractivity contribution is 5.67. The van der Waals surface area contributed by atoms with Crippen molar-refractivity contribution in [3.63, 3.8) is 0 Å². The molecule has 2 aliphatic rings. The highest BCUT2D eigenvalue weighted by Crippen LogP contribution is 2.49. The fourth-order valence-corrected chi connectivity index (χ4v) is 5.20. The maximum atomic E-state index is 12.2. The molecule has 7 heteroatoms. The minimum Gasteiger partial charge on any atom is -0.444 e. The van der Waals surface area contributed by atoms with Crippen molar-refractivity contribution in [2.45, 2.75) is 90.4 Å². The smallest absolute Gasteiger partial charge is 0.410 e. The lowest BCUT2D eigenvalue weighted by molar-refractivity contribution is -0.0296. The number of ether oxygens (including phenoxy) is 2. The summed E-state index contributed by atoms with van der Waals surface area (Å²) in [5.74, 6) is 0.502. The molecule has 0 radical (unpaired) electrons. The number of amides is 1. The Labute approximate surface area is 194 Å². The lowest BCUT2D eigenvalue weighted by Gasteiger charge is -2.37. The van der Waals surface area contributed by atoms with Gasteiger partial charge in [0.05, 0.1) is 17.9 Å². The van der Waals surface area contributed by atoms with Gasteiger partial charge in [0.1, 0.15) is 5.60 Å². The Morgan fingerprint density at radius 1 is 1.25 bits per heavy atom. The standard InChI is InChI=1S/C25H44N4O3/c1-23(2,3)32-22(30)28(7)14-13-27(6)15-20-16-29(8)26-21(20)19-9-11-25(12-10-19)17-24(4,5)18-31-25/h16,19H,9-15,17-18H2,1-8H3. The highest BCUT2D eigenvalue weighted by Gasteiger charge is 2.46. The van der Waals surface area contributed by atoms with Gasteiger partial charge in [-0.2, -0.15) is 5.10 Å². The van der Waals surface area contributed by atoms with Crippen molar-refractivity contribution >= 4 is 6.09 Å². The first-order chi connectivity index (χ1) is 14.8. The molecule has 1 saturated carbocycles. The van der Waals surface area contributed by atoms with E-state index in [-0.39, 0.29) is 11.7 Å². The number of nitrogens with zero attached hydrogens (tertiary/aromatic N) is 4. The number of aromatic nitrogens is 2. The largest absolute Gasteiger partial charge is 0.444 e. The van der Waals surface area contributed by atoms with Gasteiger partial charge in [0, 0.05) is 51.4 Å². The number of hydrogen-bond donors (Lipinski definition) is 0. The Balaban J connectivity index is 1.54. The molecule has 1 aromatic heterocycles. The SMILES string of the molecule is CN(CCN(C)C(=O)OC(C)(C)C)Cc1cn(C)nc1C1CCC2(CC1)CC(C)(C)CO2. The molecule has 1 aromatic rings. The zero-order valence-corrected chi connectivity index (χ0v) is 21.5. The molecule has 32 heavy (non-hydrogen) atoms. The molecule has 1 spiro atoms. The zero-order valence-electron chi connectivity index (χ0n) is 21.5. The fraction of sp³-hybridized carbons (Fsp3) is 0.840. The van der Waals surface area contributed by atoms with Gasteiger partial charge in [-0.3, -0.25) is 4.68 Å². The molecule has 2 fully saturated rings. The molecule has 0 bridgehead atoms. The fourth-order valence-electron chi connectivity index (χ4n) is 5.20. The molecule has 7 nitrogen and oxygen atoms in total. The third-order valence-electron chi connectivity index (χ3n) is 6.75. The van der Waals surface area contributed by atoms with Gasteiger partial charge in [-0.1, -0.05) is 13.8 Å². The molecule has 3 rings (SSSR count). The van der Waals surface area contributed by atoms with Gasteiger partial charge < -0.3 is 19.3 Å². The van der Waals surface area contributed by atoms with Crippen LogP contribution in [0, 0.1) is 5.41 Å². The maximum Gasteiger partial charge on any atom is 0.410 e. The summed E-state index contributed by atoms with van der Waals surface area (Å²) in [6, 6.07) is 0. The van der Waals surface area contributed by atoms with E-state index in [9.17, 15) is 4.79 Å². The summed E-state index contributed by atoms with van der Waals surface area (Å²) >= 11 is 0. The van der Waals surface area contributed by atoms with Gasteiger partial charge in [-0.25, -0.2) is 4.79 Å². The molecule has 1 saturated heterocycles. The van der Waals surface area contributed by atoms with E-state index in [2.05, 4.69) is 32.0 Å². The van der Waals surface area contributed by atoms with E-state index >= 15 is 0 Å². The van der Waals surface area contributed by atoms with Crippen molar-refractivity contribution < 1.29 is 14.3 Å². The molecule has 2 heterocycles. The molecule has 182 valence electrons. The quantitative estimate of drug-likeness (QED) is 0.638. The first-order valence-corrected chi connectivity index (χ1v) is 12.1.